The molecule has 0 N–H and O–H groups in total. The average molecular weight is 152 g/mol. The minimum Gasteiger partial charge on any atom is -0.317 e. The van der Waals surface area contributed by atoms with Gasteiger partial charge in [0.2, 0.25) is 5.88 Å². The zero-order valence-electron chi connectivity index (χ0n) is 6.97. The molecule has 1 aliphatic carbocycles. The maximum absolute atomic E-state index is 10.8. The summed E-state index contributed by atoms with van der Waals surface area (Å²) < 4.78 is 0. The largest absolute Gasteiger partial charge is 0.317 e. The summed E-state index contributed by atoms with van der Waals surface area (Å²) in [5, 5.41) is 10.8. The van der Waals surface area contributed by atoms with Gasteiger partial charge < -0.3 is 4.90 Å². The van der Waals surface area contributed by atoms with Gasteiger partial charge in [-0.25, -0.2) is 0 Å². The maximum Gasteiger partial charge on any atom is 0.243 e. The van der Waals surface area contributed by atoms with Crippen LogP contribution in [0.4, 0.5) is 0 Å². The molecule has 0 aromatic carbocycles. The topological polar surface area (TPSA) is 23.1 Å². The number of rotatable bonds is 2. The number of nitrogens with zero attached hydrogens (tertiary/aromatic N) is 1. The van der Waals surface area contributed by atoms with E-state index in [0.29, 0.717) is 0 Å². The van der Waals surface area contributed by atoms with Gasteiger partial charge in [0.05, 0.1) is 0 Å². The van der Waals surface area contributed by atoms with Gasteiger partial charge in [0, 0.05) is 12.7 Å². The smallest absolute Gasteiger partial charge is 0.243 e. The van der Waals surface area contributed by atoms with E-state index in [4.69, 9.17) is 0 Å². The molecule has 0 heterocycles. The van der Waals surface area contributed by atoms with Gasteiger partial charge in [0.25, 0.3) is 0 Å². The van der Waals surface area contributed by atoms with Gasteiger partial charge in [0.15, 0.2) is 0 Å². The fourth-order valence-corrected chi connectivity index (χ4v) is 1.29. The Hall–Kier alpha value is -0.920. The van der Waals surface area contributed by atoms with Crippen molar-refractivity contribution in [3.8, 4) is 0 Å². The van der Waals surface area contributed by atoms with Crippen LogP contribution in [0.1, 0.15) is 25.7 Å². The van der Waals surface area contributed by atoms with Crippen molar-refractivity contribution >= 4 is 0 Å². The van der Waals surface area contributed by atoms with E-state index in [-0.39, 0.29) is 5.88 Å². The molecule has 0 saturated heterocycles. The summed E-state index contributed by atoms with van der Waals surface area (Å²) in [5.41, 5.74) is 1.14. The standard InChI is InChI=1S/C9H14NO/c1-8(11)10(2)9-6-4-3-5-7-9/h6H,1,3-5,7H2,2H3. The Balaban J connectivity index is 2.58. The molecule has 0 fully saturated rings. The van der Waals surface area contributed by atoms with Gasteiger partial charge in [-0.3, -0.25) is 5.11 Å². The fourth-order valence-electron chi connectivity index (χ4n) is 1.29. The molecule has 0 unspecified atom stereocenters. The van der Waals surface area contributed by atoms with Crippen LogP contribution in [-0.2, 0) is 5.11 Å². The molecular formula is C9H14NO. The third-order valence-corrected chi connectivity index (χ3v) is 2.07. The molecule has 0 amide bonds. The van der Waals surface area contributed by atoms with Crippen molar-refractivity contribution in [1.82, 2.24) is 4.90 Å². The van der Waals surface area contributed by atoms with Crippen molar-refractivity contribution in [3.05, 3.63) is 24.2 Å². The molecule has 0 atom stereocenters. The van der Waals surface area contributed by atoms with E-state index in [1.54, 1.807) is 11.9 Å². The molecular weight excluding hydrogens is 138 g/mol. The second-order valence-electron chi connectivity index (χ2n) is 2.89. The normalized spacial score (nSPS) is 17.4. The highest BCUT2D eigenvalue weighted by Gasteiger charge is 2.10. The minimum absolute atomic E-state index is 0.113. The van der Waals surface area contributed by atoms with Gasteiger partial charge in [-0.2, -0.15) is 0 Å². The second kappa shape index (κ2) is 3.46. The fraction of sp³-hybridized carbons (Fsp3) is 0.556. The van der Waals surface area contributed by atoms with E-state index in [2.05, 4.69) is 12.7 Å². The van der Waals surface area contributed by atoms with Crippen molar-refractivity contribution in [2.75, 3.05) is 7.05 Å². The molecule has 1 radical (unpaired) electrons. The van der Waals surface area contributed by atoms with Crippen molar-refractivity contribution in [2.24, 2.45) is 0 Å². The summed E-state index contributed by atoms with van der Waals surface area (Å²) in [5.74, 6) is -0.113. The van der Waals surface area contributed by atoms with Crippen molar-refractivity contribution < 1.29 is 5.11 Å². The molecule has 2 heteroatoms. The molecule has 11 heavy (non-hydrogen) atoms. The minimum atomic E-state index is -0.113. The Morgan fingerprint density at radius 1 is 1.64 bits per heavy atom. The van der Waals surface area contributed by atoms with Crippen LogP contribution in [0.3, 0.4) is 0 Å². The molecule has 0 aromatic rings. The first-order valence-electron chi connectivity index (χ1n) is 4.00. The molecule has 0 aromatic heterocycles. The molecule has 0 saturated carbocycles. The van der Waals surface area contributed by atoms with Crippen LogP contribution >= 0.6 is 0 Å². The molecule has 0 bridgehead atoms. The lowest BCUT2D eigenvalue weighted by molar-refractivity contribution is 0.191. The lowest BCUT2D eigenvalue weighted by Gasteiger charge is -2.21. The van der Waals surface area contributed by atoms with Gasteiger partial charge in [0.1, 0.15) is 0 Å². The maximum atomic E-state index is 10.8. The highest BCUT2D eigenvalue weighted by Crippen LogP contribution is 2.21. The Morgan fingerprint density at radius 2 is 2.36 bits per heavy atom. The van der Waals surface area contributed by atoms with Crippen LogP contribution in [0.25, 0.3) is 0 Å². The quantitative estimate of drug-likeness (QED) is 0.557. The summed E-state index contributed by atoms with van der Waals surface area (Å²) in [6.45, 7) is 3.36. The molecule has 1 rings (SSSR count). The first kappa shape index (κ1) is 8.18. The third kappa shape index (κ3) is 2.00. The highest BCUT2D eigenvalue weighted by atomic mass is 16.3. The van der Waals surface area contributed by atoms with Crippen molar-refractivity contribution in [2.45, 2.75) is 25.7 Å². The van der Waals surface area contributed by atoms with Gasteiger partial charge in [-0.05, 0) is 32.3 Å². The highest BCUT2D eigenvalue weighted by molar-refractivity contribution is 5.07. The Morgan fingerprint density at radius 3 is 2.82 bits per heavy atom. The SMILES string of the molecule is C=C([O])N(C)C1=CCCCC1. The molecule has 0 aliphatic heterocycles. The van der Waals surface area contributed by atoms with E-state index in [1.165, 1.54) is 12.8 Å². The van der Waals surface area contributed by atoms with E-state index in [1.807, 2.05) is 0 Å². The number of hydrogen-bond donors (Lipinski definition) is 0. The Labute approximate surface area is 67.8 Å². The van der Waals surface area contributed by atoms with Crippen LogP contribution in [-0.4, -0.2) is 11.9 Å². The van der Waals surface area contributed by atoms with E-state index in [9.17, 15) is 5.11 Å². The zero-order valence-corrected chi connectivity index (χ0v) is 6.97. The number of hydrogen-bond acceptors (Lipinski definition) is 1. The van der Waals surface area contributed by atoms with Gasteiger partial charge in [-0.15, -0.1) is 0 Å². The number of allylic oxidation sites excluding steroid dienone is 2. The predicted molar refractivity (Wildman–Crippen MR) is 44.1 cm³/mol. The average Bonchev–Trinajstić information content (AvgIpc) is 2.05. The van der Waals surface area contributed by atoms with E-state index in [0.717, 1.165) is 18.5 Å². The zero-order chi connectivity index (χ0) is 8.27. The summed E-state index contributed by atoms with van der Waals surface area (Å²) in [4.78, 5) is 1.64. The van der Waals surface area contributed by atoms with E-state index < -0.39 is 0 Å². The summed E-state index contributed by atoms with van der Waals surface area (Å²) >= 11 is 0. The van der Waals surface area contributed by atoms with E-state index >= 15 is 0 Å². The molecule has 61 valence electrons. The predicted octanol–water partition coefficient (Wildman–Crippen LogP) is 2.28. The van der Waals surface area contributed by atoms with Crippen LogP contribution in [0.5, 0.6) is 0 Å². The van der Waals surface area contributed by atoms with Gasteiger partial charge in [-0.1, -0.05) is 6.08 Å². The molecule has 1 aliphatic rings. The third-order valence-electron chi connectivity index (χ3n) is 2.07. The van der Waals surface area contributed by atoms with Crippen LogP contribution in [0.15, 0.2) is 24.2 Å². The monoisotopic (exact) mass is 152 g/mol. The van der Waals surface area contributed by atoms with Crippen molar-refractivity contribution in [1.29, 1.82) is 0 Å². The Bertz CT molecular complexity index is 184. The summed E-state index contributed by atoms with van der Waals surface area (Å²) in [7, 11) is 1.78. The lowest BCUT2D eigenvalue weighted by Crippen LogP contribution is -2.16. The first-order valence-corrected chi connectivity index (χ1v) is 4.00. The lowest BCUT2D eigenvalue weighted by atomic mass is 10.0. The summed E-state index contributed by atoms with van der Waals surface area (Å²) in [6, 6.07) is 0. The molecule has 2 nitrogen and oxygen atoms in total. The van der Waals surface area contributed by atoms with Gasteiger partial charge >= 0.3 is 0 Å². The van der Waals surface area contributed by atoms with Crippen LogP contribution in [0, 0.1) is 0 Å². The van der Waals surface area contributed by atoms with Crippen LogP contribution in [0.2, 0.25) is 0 Å². The second-order valence-corrected chi connectivity index (χ2v) is 2.89. The molecule has 0 spiro atoms. The van der Waals surface area contributed by atoms with Crippen LogP contribution < -0.4 is 0 Å². The first-order chi connectivity index (χ1) is 5.22. The van der Waals surface area contributed by atoms with Crippen molar-refractivity contribution in [3.63, 3.8) is 0 Å². The Kier molecular flexibility index (Phi) is 2.58. The summed E-state index contributed by atoms with van der Waals surface area (Å²) in [6.07, 6.45) is 6.71.